The molecule has 0 spiro atoms. The van der Waals surface area contributed by atoms with Crippen LogP contribution in [0, 0.1) is 0 Å². The van der Waals surface area contributed by atoms with Gasteiger partial charge in [-0.3, -0.25) is 9.59 Å². The number of nitrogens with one attached hydrogen (secondary N) is 1. The molecule has 0 radical (unpaired) electrons. The molecular weight excluding hydrogens is 355 g/mol. The SMILES string of the molecule is CCN(CC(=O)NCc1cccs1)C(=O)c1ccc(Cl)c(Cl)c1. The topological polar surface area (TPSA) is 49.4 Å². The Balaban J connectivity index is 1.96. The van der Waals surface area contributed by atoms with Crippen molar-refractivity contribution >= 4 is 46.4 Å². The average molecular weight is 371 g/mol. The van der Waals surface area contributed by atoms with Gasteiger partial charge >= 0.3 is 0 Å². The number of thiophene rings is 1. The largest absolute Gasteiger partial charge is 0.350 e. The normalized spacial score (nSPS) is 10.4. The second-order valence-corrected chi connectivity index (χ2v) is 6.65. The molecule has 0 aliphatic carbocycles. The lowest BCUT2D eigenvalue weighted by atomic mass is 10.2. The lowest BCUT2D eigenvalue weighted by Gasteiger charge is -2.20. The number of benzene rings is 1. The van der Waals surface area contributed by atoms with Gasteiger partial charge in [0.1, 0.15) is 0 Å². The van der Waals surface area contributed by atoms with Gasteiger partial charge in [0.25, 0.3) is 5.91 Å². The van der Waals surface area contributed by atoms with E-state index in [0.29, 0.717) is 28.7 Å². The molecule has 2 amide bonds. The highest BCUT2D eigenvalue weighted by molar-refractivity contribution is 7.09. The summed E-state index contributed by atoms with van der Waals surface area (Å²) in [6.45, 7) is 2.71. The van der Waals surface area contributed by atoms with E-state index in [9.17, 15) is 9.59 Å². The van der Waals surface area contributed by atoms with Gasteiger partial charge in [-0.25, -0.2) is 0 Å². The molecule has 0 saturated carbocycles. The lowest BCUT2D eigenvalue weighted by Crippen LogP contribution is -2.40. The molecule has 1 N–H and O–H groups in total. The molecule has 0 saturated heterocycles. The summed E-state index contributed by atoms with van der Waals surface area (Å²) in [5.74, 6) is -0.453. The summed E-state index contributed by atoms with van der Waals surface area (Å²) in [6, 6.07) is 8.56. The number of nitrogens with zero attached hydrogens (tertiary/aromatic N) is 1. The molecule has 0 fully saturated rings. The molecule has 23 heavy (non-hydrogen) atoms. The first-order valence-corrected chi connectivity index (χ1v) is 8.68. The van der Waals surface area contributed by atoms with E-state index in [4.69, 9.17) is 23.2 Å². The first kappa shape index (κ1) is 17.8. The zero-order valence-electron chi connectivity index (χ0n) is 12.5. The molecule has 1 aromatic heterocycles. The Kier molecular flexibility index (Phi) is 6.45. The van der Waals surface area contributed by atoms with Crippen LogP contribution in [-0.4, -0.2) is 29.8 Å². The highest BCUT2D eigenvalue weighted by Gasteiger charge is 2.18. The number of likely N-dealkylation sites (N-methyl/N-ethyl adjacent to an activating group) is 1. The Hall–Kier alpha value is -1.56. The van der Waals surface area contributed by atoms with Gasteiger partial charge in [-0.2, -0.15) is 0 Å². The van der Waals surface area contributed by atoms with E-state index >= 15 is 0 Å². The number of hydrogen-bond acceptors (Lipinski definition) is 3. The molecule has 1 heterocycles. The number of carbonyl (C=O) groups excluding carboxylic acids is 2. The predicted molar refractivity (Wildman–Crippen MR) is 94.2 cm³/mol. The quantitative estimate of drug-likeness (QED) is 0.839. The van der Waals surface area contributed by atoms with Crippen molar-refractivity contribution in [3.63, 3.8) is 0 Å². The summed E-state index contributed by atoms with van der Waals surface area (Å²) in [5, 5.41) is 5.46. The molecular formula is C16H16Cl2N2O2S. The average Bonchev–Trinajstić information content (AvgIpc) is 3.06. The van der Waals surface area contributed by atoms with Crippen LogP contribution in [0.3, 0.4) is 0 Å². The van der Waals surface area contributed by atoms with E-state index in [0.717, 1.165) is 4.88 Å². The van der Waals surface area contributed by atoms with E-state index in [1.165, 1.54) is 11.0 Å². The molecule has 2 aromatic rings. The van der Waals surface area contributed by atoms with E-state index in [1.807, 2.05) is 24.4 Å². The van der Waals surface area contributed by atoms with Crippen molar-refractivity contribution in [2.24, 2.45) is 0 Å². The number of hydrogen-bond donors (Lipinski definition) is 1. The van der Waals surface area contributed by atoms with Crippen LogP contribution in [0.25, 0.3) is 0 Å². The van der Waals surface area contributed by atoms with Crippen LogP contribution in [-0.2, 0) is 11.3 Å². The number of amides is 2. The smallest absolute Gasteiger partial charge is 0.254 e. The number of rotatable bonds is 6. The van der Waals surface area contributed by atoms with Crippen molar-refractivity contribution in [2.45, 2.75) is 13.5 Å². The highest BCUT2D eigenvalue weighted by atomic mass is 35.5. The van der Waals surface area contributed by atoms with Crippen LogP contribution in [0.1, 0.15) is 22.2 Å². The van der Waals surface area contributed by atoms with Gasteiger partial charge in [0.05, 0.1) is 23.1 Å². The Bertz CT molecular complexity index is 689. The van der Waals surface area contributed by atoms with E-state index in [1.54, 1.807) is 23.5 Å². The molecule has 2 rings (SSSR count). The minimum Gasteiger partial charge on any atom is -0.350 e. The van der Waals surface area contributed by atoms with Crippen molar-refractivity contribution in [1.29, 1.82) is 0 Å². The lowest BCUT2D eigenvalue weighted by molar-refractivity contribution is -0.121. The fourth-order valence-corrected chi connectivity index (χ4v) is 2.91. The summed E-state index contributed by atoms with van der Waals surface area (Å²) in [5.41, 5.74) is 0.410. The van der Waals surface area contributed by atoms with Gasteiger partial charge in [0, 0.05) is 17.0 Å². The third kappa shape index (κ3) is 4.96. The first-order chi connectivity index (χ1) is 11.0. The Morgan fingerprint density at radius 1 is 1.22 bits per heavy atom. The Morgan fingerprint density at radius 2 is 2.00 bits per heavy atom. The van der Waals surface area contributed by atoms with E-state index < -0.39 is 0 Å². The Morgan fingerprint density at radius 3 is 2.61 bits per heavy atom. The molecule has 1 aromatic carbocycles. The molecule has 0 aliphatic rings. The highest BCUT2D eigenvalue weighted by Crippen LogP contribution is 2.23. The predicted octanol–water partition coefficient (Wildman–Crippen LogP) is 3.83. The summed E-state index contributed by atoms with van der Waals surface area (Å²) in [6.07, 6.45) is 0. The van der Waals surface area contributed by atoms with E-state index in [-0.39, 0.29) is 18.4 Å². The fourth-order valence-electron chi connectivity index (χ4n) is 1.97. The van der Waals surface area contributed by atoms with Crippen molar-refractivity contribution < 1.29 is 9.59 Å². The number of carbonyl (C=O) groups is 2. The summed E-state index contributed by atoms with van der Waals surface area (Å²) in [7, 11) is 0. The van der Waals surface area contributed by atoms with Crippen LogP contribution in [0.5, 0.6) is 0 Å². The second-order valence-electron chi connectivity index (χ2n) is 4.80. The Labute approximate surface area is 149 Å². The molecule has 4 nitrogen and oxygen atoms in total. The van der Waals surface area contributed by atoms with Crippen molar-refractivity contribution in [1.82, 2.24) is 10.2 Å². The summed E-state index contributed by atoms with van der Waals surface area (Å²) in [4.78, 5) is 27.0. The summed E-state index contributed by atoms with van der Waals surface area (Å²) >= 11 is 13.4. The third-order valence-electron chi connectivity index (χ3n) is 3.21. The zero-order chi connectivity index (χ0) is 16.8. The minimum absolute atomic E-state index is 0.000946. The van der Waals surface area contributed by atoms with Gasteiger partial charge < -0.3 is 10.2 Å². The second kappa shape index (κ2) is 8.34. The molecule has 0 aliphatic heterocycles. The first-order valence-electron chi connectivity index (χ1n) is 7.04. The third-order valence-corrected chi connectivity index (χ3v) is 4.83. The van der Waals surface area contributed by atoms with Crippen molar-refractivity contribution in [3.05, 3.63) is 56.2 Å². The van der Waals surface area contributed by atoms with Gasteiger partial charge in [-0.05, 0) is 36.6 Å². The molecule has 0 atom stereocenters. The van der Waals surface area contributed by atoms with Crippen LogP contribution < -0.4 is 5.32 Å². The summed E-state index contributed by atoms with van der Waals surface area (Å²) < 4.78 is 0. The van der Waals surface area contributed by atoms with Crippen LogP contribution in [0.2, 0.25) is 10.0 Å². The molecule has 122 valence electrons. The maximum atomic E-state index is 12.5. The van der Waals surface area contributed by atoms with Gasteiger partial charge in [-0.15, -0.1) is 11.3 Å². The molecule has 0 bridgehead atoms. The van der Waals surface area contributed by atoms with Gasteiger partial charge in [0.2, 0.25) is 5.91 Å². The van der Waals surface area contributed by atoms with Gasteiger partial charge in [0.15, 0.2) is 0 Å². The van der Waals surface area contributed by atoms with Crippen LogP contribution in [0.15, 0.2) is 35.7 Å². The zero-order valence-corrected chi connectivity index (χ0v) is 14.8. The van der Waals surface area contributed by atoms with Crippen molar-refractivity contribution in [2.75, 3.05) is 13.1 Å². The van der Waals surface area contributed by atoms with Crippen molar-refractivity contribution in [3.8, 4) is 0 Å². The minimum atomic E-state index is -0.252. The fraction of sp³-hybridized carbons (Fsp3) is 0.250. The number of halogens is 2. The maximum Gasteiger partial charge on any atom is 0.254 e. The molecule has 7 heteroatoms. The maximum absolute atomic E-state index is 12.5. The standard InChI is InChI=1S/C16H16Cl2N2O2S/c1-2-20(10-15(21)19-9-12-4-3-7-23-12)16(22)11-5-6-13(17)14(18)8-11/h3-8H,2,9-10H2,1H3,(H,19,21). The van der Waals surface area contributed by atoms with Crippen LogP contribution >= 0.6 is 34.5 Å². The molecule has 0 unspecified atom stereocenters. The van der Waals surface area contributed by atoms with Crippen LogP contribution in [0.4, 0.5) is 0 Å². The monoisotopic (exact) mass is 370 g/mol. The van der Waals surface area contributed by atoms with E-state index in [2.05, 4.69) is 5.32 Å². The van der Waals surface area contributed by atoms with Gasteiger partial charge in [-0.1, -0.05) is 29.3 Å².